The summed E-state index contributed by atoms with van der Waals surface area (Å²) < 4.78 is 4.80. The lowest BCUT2D eigenvalue weighted by atomic mass is 9.99. The first-order valence-corrected chi connectivity index (χ1v) is 9.13. The summed E-state index contributed by atoms with van der Waals surface area (Å²) in [6, 6.07) is 13.8. The van der Waals surface area contributed by atoms with Gasteiger partial charge in [-0.05, 0) is 66.9 Å². The maximum atomic E-state index is 11.9. The third kappa shape index (κ3) is 3.27. The highest BCUT2D eigenvalue weighted by Crippen LogP contribution is 2.33. The van der Waals surface area contributed by atoms with E-state index in [1.165, 1.54) is 18.2 Å². The second-order valence-electron chi connectivity index (χ2n) is 6.88. The molecule has 4 aromatic rings. The molecule has 0 unspecified atom stereocenters. The Hall–Kier alpha value is -3.47. The SMILES string of the molecule is COC(=O)c1cccc(Cc2c(-c3cccnc3)[nH]c3cc(C)c(C)cc23)n1. The van der Waals surface area contributed by atoms with Crippen molar-refractivity contribution in [1.29, 1.82) is 0 Å². The number of pyridine rings is 2. The molecule has 0 atom stereocenters. The Kier molecular flexibility index (Phi) is 4.65. The van der Waals surface area contributed by atoms with E-state index in [4.69, 9.17) is 4.74 Å². The summed E-state index contributed by atoms with van der Waals surface area (Å²) in [6.07, 6.45) is 4.21. The van der Waals surface area contributed by atoms with Gasteiger partial charge in [-0.25, -0.2) is 9.78 Å². The number of carbonyl (C=O) groups excluding carboxylic acids is 1. The van der Waals surface area contributed by atoms with Gasteiger partial charge in [-0.2, -0.15) is 0 Å². The quantitative estimate of drug-likeness (QED) is 0.532. The van der Waals surface area contributed by atoms with E-state index in [9.17, 15) is 4.79 Å². The van der Waals surface area contributed by atoms with Crippen molar-refractivity contribution in [3.8, 4) is 11.3 Å². The van der Waals surface area contributed by atoms with Crippen LogP contribution in [-0.2, 0) is 11.2 Å². The number of aromatic amines is 1. The largest absolute Gasteiger partial charge is 0.464 e. The zero-order valence-corrected chi connectivity index (χ0v) is 16.1. The fourth-order valence-corrected chi connectivity index (χ4v) is 3.43. The smallest absolute Gasteiger partial charge is 0.356 e. The summed E-state index contributed by atoms with van der Waals surface area (Å²) in [5, 5.41) is 1.16. The van der Waals surface area contributed by atoms with Gasteiger partial charge in [0.05, 0.1) is 12.8 Å². The van der Waals surface area contributed by atoms with E-state index in [0.717, 1.165) is 33.4 Å². The maximum Gasteiger partial charge on any atom is 0.356 e. The minimum Gasteiger partial charge on any atom is -0.464 e. The van der Waals surface area contributed by atoms with Crippen LogP contribution in [0, 0.1) is 13.8 Å². The maximum absolute atomic E-state index is 11.9. The molecule has 0 saturated carbocycles. The van der Waals surface area contributed by atoms with Gasteiger partial charge in [-0.3, -0.25) is 4.98 Å². The zero-order chi connectivity index (χ0) is 19.7. The lowest BCUT2D eigenvalue weighted by Gasteiger charge is -2.07. The molecule has 0 amide bonds. The number of hydrogen-bond donors (Lipinski definition) is 1. The second kappa shape index (κ2) is 7.27. The molecular formula is C23H21N3O2. The monoisotopic (exact) mass is 371 g/mol. The third-order valence-corrected chi connectivity index (χ3v) is 5.03. The minimum absolute atomic E-state index is 0.315. The van der Waals surface area contributed by atoms with Crippen LogP contribution in [0.1, 0.15) is 32.9 Å². The number of methoxy groups -OCH3 is 1. The van der Waals surface area contributed by atoms with Gasteiger partial charge in [0.1, 0.15) is 5.69 Å². The van der Waals surface area contributed by atoms with Crippen molar-refractivity contribution in [3.05, 3.63) is 82.9 Å². The molecule has 3 aromatic heterocycles. The minimum atomic E-state index is -0.431. The van der Waals surface area contributed by atoms with E-state index < -0.39 is 5.97 Å². The van der Waals surface area contributed by atoms with Gasteiger partial charge in [0.25, 0.3) is 0 Å². The second-order valence-corrected chi connectivity index (χ2v) is 6.88. The fourth-order valence-electron chi connectivity index (χ4n) is 3.43. The molecule has 0 aliphatic heterocycles. The van der Waals surface area contributed by atoms with E-state index in [1.807, 2.05) is 30.5 Å². The van der Waals surface area contributed by atoms with Gasteiger partial charge < -0.3 is 9.72 Å². The number of aryl methyl sites for hydroxylation is 2. The first kappa shape index (κ1) is 17.9. The molecule has 0 saturated heterocycles. The van der Waals surface area contributed by atoms with Crippen LogP contribution < -0.4 is 0 Å². The molecule has 140 valence electrons. The molecule has 0 radical (unpaired) electrons. The van der Waals surface area contributed by atoms with E-state index in [-0.39, 0.29) is 0 Å². The van der Waals surface area contributed by atoms with Crippen LogP contribution >= 0.6 is 0 Å². The standard InChI is InChI=1S/C23H21N3O2/c1-14-10-18-19(12-17-7-4-8-20(25-17)23(27)28-3)22(16-6-5-9-24-13-16)26-21(18)11-15(14)2/h4-11,13,26H,12H2,1-3H3. The summed E-state index contributed by atoms with van der Waals surface area (Å²) in [4.78, 5) is 24.2. The van der Waals surface area contributed by atoms with Crippen molar-refractivity contribution in [2.24, 2.45) is 0 Å². The highest BCUT2D eigenvalue weighted by molar-refractivity contribution is 5.92. The number of ether oxygens (including phenoxy) is 1. The predicted molar refractivity (Wildman–Crippen MR) is 109 cm³/mol. The Morgan fingerprint density at radius 3 is 2.68 bits per heavy atom. The summed E-state index contributed by atoms with van der Waals surface area (Å²) >= 11 is 0. The highest BCUT2D eigenvalue weighted by atomic mass is 16.5. The van der Waals surface area contributed by atoms with Crippen molar-refractivity contribution in [3.63, 3.8) is 0 Å². The summed E-state index contributed by atoms with van der Waals surface area (Å²) in [5.41, 5.74) is 7.88. The van der Waals surface area contributed by atoms with E-state index in [0.29, 0.717) is 12.1 Å². The van der Waals surface area contributed by atoms with Crippen LogP contribution in [0.4, 0.5) is 0 Å². The lowest BCUT2D eigenvalue weighted by Crippen LogP contribution is -2.06. The molecule has 0 aliphatic carbocycles. The number of fused-ring (bicyclic) bond motifs is 1. The molecule has 0 fully saturated rings. The van der Waals surface area contributed by atoms with Gasteiger partial charge >= 0.3 is 5.97 Å². The number of benzene rings is 1. The van der Waals surface area contributed by atoms with Crippen molar-refractivity contribution in [2.45, 2.75) is 20.3 Å². The summed E-state index contributed by atoms with van der Waals surface area (Å²) in [6.45, 7) is 4.23. The Labute approximate surface area is 163 Å². The molecule has 5 nitrogen and oxygen atoms in total. The molecule has 0 bridgehead atoms. The van der Waals surface area contributed by atoms with Crippen LogP contribution in [0.15, 0.2) is 54.9 Å². The van der Waals surface area contributed by atoms with Crippen molar-refractivity contribution in [2.75, 3.05) is 7.11 Å². The number of hydrogen-bond acceptors (Lipinski definition) is 4. The number of nitrogens with zero attached hydrogens (tertiary/aromatic N) is 2. The number of nitrogens with one attached hydrogen (secondary N) is 1. The van der Waals surface area contributed by atoms with Crippen LogP contribution in [0.3, 0.4) is 0 Å². The lowest BCUT2D eigenvalue weighted by molar-refractivity contribution is 0.0593. The number of carbonyl (C=O) groups is 1. The summed E-state index contributed by atoms with van der Waals surface area (Å²) in [7, 11) is 1.36. The van der Waals surface area contributed by atoms with Gasteiger partial charge in [-0.15, -0.1) is 0 Å². The van der Waals surface area contributed by atoms with E-state index in [1.54, 1.807) is 12.3 Å². The zero-order valence-electron chi connectivity index (χ0n) is 16.1. The van der Waals surface area contributed by atoms with Crippen LogP contribution in [0.5, 0.6) is 0 Å². The van der Waals surface area contributed by atoms with E-state index in [2.05, 4.69) is 40.9 Å². The van der Waals surface area contributed by atoms with Gasteiger partial charge in [0.2, 0.25) is 0 Å². The number of aromatic nitrogens is 3. The Balaban J connectivity index is 1.87. The molecule has 0 aliphatic rings. The Bertz CT molecular complexity index is 1160. The van der Waals surface area contributed by atoms with E-state index >= 15 is 0 Å². The van der Waals surface area contributed by atoms with Crippen molar-refractivity contribution < 1.29 is 9.53 Å². The van der Waals surface area contributed by atoms with Crippen LogP contribution in [0.2, 0.25) is 0 Å². The highest BCUT2D eigenvalue weighted by Gasteiger charge is 2.16. The average molecular weight is 371 g/mol. The first-order chi connectivity index (χ1) is 13.6. The molecular weight excluding hydrogens is 350 g/mol. The number of esters is 1. The molecule has 0 spiro atoms. The molecule has 3 heterocycles. The molecule has 1 aromatic carbocycles. The normalized spacial score (nSPS) is 11.0. The molecule has 28 heavy (non-hydrogen) atoms. The van der Waals surface area contributed by atoms with Crippen LogP contribution in [0.25, 0.3) is 22.2 Å². The van der Waals surface area contributed by atoms with Gasteiger partial charge in [0, 0.05) is 41.0 Å². The fraction of sp³-hybridized carbons (Fsp3) is 0.174. The first-order valence-electron chi connectivity index (χ1n) is 9.13. The van der Waals surface area contributed by atoms with Gasteiger partial charge in [-0.1, -0.05) is 6.07 Å². The molecule has 1 N–H and O–H groups in total. The Morgan fingerprint density at radius 2 is 1.93 bits per heavy atom. The number of H-pyrrole nitrogens is 1. The van der Waals surface area contributed by atoms with Gasteiger partial charge in [0.15, 0.2) is 0 Å². The van der Waals surface area contributed by atoms with Crippen LogP contribution in [-0.4, -0.2) is 28.0 Å². The average Bonchev–Trinajstić information content (AvgIpc) is 3.06. The Morgan fingerprint density at radius 1 is 1.11 bits per heavy atom. The predicted octanol–water partition coefficient (Wildman–Crippen LogP) is 4.62. The topological polar surface area (TPSA) is 67.9 Å². The van der Waals surface area contributed by atoms with Crippen molar-refractivity contribution in [1.82, 2.24) is 15.0 Å². The van der Waals surface area contributed by atoms with Crippen molar-refractivity contribution >= 4 is 16.9 Å². The third-order valence-electron chi connectivity index (χ3n) is 5.03. The number of rotatable bonds is 4. The molecule has 4 rings (SSSR count). The summed E-state index contributed by atoms with van der Waals surface area (Å²) in [5.74, 6) is -0.431. The molecule has 5 heteroatoms.